The van der Waals surface area contributed by atoms with Gasteiger partial charge in [0.25, 0.3) is 0 Å². The van der Waals surface area contributed by atoms with Gasteiger partial charge in [-0.15, -0.1) is 0 Å². The number of Topliss-reactive ketones (excluding diaryl/α,β-unsaturated/α-hetero) is 2. The Kier molecular flexibility index (Phi) is 3.46. The summed E-state index contributed by atoms with van der Waals surface area (Å²) in [6, 6.07) is 8.23. The SMILES string of the molecule is O=C1CC(C(=O)O)CC(=O)C1=C(O)c1ccccc1. The fraction of sp³-hybridized carbons (Fsp3) is 0.214. The fourth-order valence-corrected chi connectivity index (χ4v) is 2.06. The summed E-state index contributed by atoms with van der Waals surface area (Å²) in [5, 5.41) is 18.8. The average molecular weight is 260 g/mol. The molecular weight excluding hydrogens is 248 g/mol. The molecule has 1 saturated carbocycles. The molecule has 1 aliphatic carbocycles. The molecule has 1 aromatic carbocycles. The molecule has 1 fully saturated rings. The van der Waals surface area contributed by atoms with E-state index in [4.69, 9.17) is 5.11 Å². The van der Waals surface area contributed by atoms with Crippen LogP contribution in [-0.2, 0) is 14.4 Å². The van der Waals surface area contributed by atoms with Gasteiger partial charge in [0.05, 0.1) is 5.92 Å². The number of carbonyl (C=O) groups excluding carboxylic acids is 2. The van der Waals surface area contributed by atoms with E-state index < -0.39 is 23.5 Å². The van der Waals surface area contributed by atoms with Crippen molar-refractivity contribution in [1.29, 1.82) is 0 Å². The van der Waals surface area contributed by atoms with E-state index in [-0.39, 0.29) is 24.2 Å². The molecule has 2 N–H and O–H groups in total. The van der Waals surface area contributed by atoms with Crippen LogP contribution in [0.4, 0.5) is 0 Å². The van der Waals surface area contributed by atoms with Crippen LogP contribution in [0.5, 0.6) is 0 Å². The summed E-state index contributed by atoms with van der Waals surface area (Å²) in [6.07, 6.45) is -0.513. The zero-order valence-electron chi connectivity index (χ0n) is 10.00. The predicted molar refractivity (Wildman–Crippen MR) is 66.4 cm³/mol. The number of hydrogen-bond donors (Lipinski definition) is 2. The lowest BCUT2D eigenvalue weighted by atomic mass is 9.82. The molecule has 0 spiro atoms. The number of benzene rings is 1. The highest BCUT2D eigenvalue weighted by Gasteiger charge is 2.36. The Morgan fingerprint density at radius 1 is 1.00 bits per heavy atom. The van der Waals surface area contributed by atoms with Gasteiger partial charge in [-0.25, -0.2) is 0 Å². The molecule has 0 bridgehead atoms. The third-order valence-corrected chi connectivity index (χ3v) is 3.05. The molecular formula is C14H12O5. The van der Waals surface area contributed by atoms with Crippen LogP contribution in [0, 0.1) is 5.92 Å². The Morgan fingerprint density at radius 2 is 1.53 bits per heavy atom. The molecule has 0 aromatic heterocycles. The second-order valence-corrected chi connectivity index (χ2v) is 4.38. The lowest BCUT2D eigenvalue weighted by Gasteiger charge is -2.19. The summed E-state index contributed by atoms with van der Waals surface area (Å²) in [7, 11) is 0. The molecule has 1 aromatic rings. The van der Waals surface area contributed by atoms with Crippen LogP contribution in [-0.4, -0.2) is 27.7 Å². The van der Waals surface area contributed by atoms with Gasteiger partial charge in [-0.1, -0.05) is 30.3 Å². The van der Waals surface area contributed by atoms with Crippen molar-refractivity contribution in [3.8, 4) is 0 Å². The van der Waals surface area contributed by atoms with Gasteiger partial charge in [-0.3, -0.25) is 14.4 Å². The lowest BCUT2D eigenvalue weighted by molar-refractivity contribution is -0.146. The van der Waals surface area contributed by atoms with Crippen LogP contribution in [0.15, 0.2) is 35.9 Å². The number of carbonyl (C=O) groups is 3. The molecule has 0 radical (unpaired) electrons. The number of aliphatic hydroxyl groups excluding tert-OH is 1. The normalized spacial score (nSPS) is 19.4. The molecule has 1 aliphatic rings. The second kappa shape index (κ2) is 5.06. The summed E-state index contributed by atoms with van der Waals surface area (Å²) < 4.78 is 0. The van der Waals surface area contributed by atoms with Crippen molar-refractivity contribution >= 4 is 23.3 Å². The van der Waals surface area contributed by atoms with E-state index in [2.05, 4.69) is 0 Å². The maximum atomic E-state index is 11.8. The van der Waals surface area contributed by atoms with Gasteiger partial charge in [0.1, 0.15) is 11.3 Å². The third-order valence-electron chi connectivity index (χ3n) is 3.05. The Hall–Kier alpha value is -2.43. The fourth-order valence-electron chi connectivity index (χ4n) is 2.06. The molecule has 0 unspecified atom stereocenters. The van der Waals surface area contributed by atoms with Crippen LogP contribution >= 0.6 is 0 Å². The summed E-state index contributed by atoms with van der Waals surface area (Å²) in [4.78, 5) is 34.5. The Balaban J connectivity index is 2.38. The maximum Gasteiger partial charge on any atom is 0.307 e. The largest absolute Gasteiger partial charge is 0.506 e. The van der Waals surface area contributed by atoms with Gasteiger partial charge in [-0.2, -0.15) is 0 Å². The minimum absolute atomic E-state index is 0.257. The molecule has 19 heavy (non-hydrogen) atoms. The molecule has 0 heterocycles. The zero-order chi connectivity index (χ0) is 14.0. The van der Waals surface area contributed by atoms with Crippen LogP contribution in [0.2, 0.25) is 0 Å². The highest BCUT2D eigenvalue weighted by atomic mass is 16.4. The summed E-state index contributed by atoms with van der Waals surface area (Å²) in [6.45, 7) is 0. The molecule has 5 heteroatoms. The number of carboxylic acids is 1. The van der Waals surface area contributed by atoms with E-state index in [0.717, 1.165) is 0 Å². The van der Waals surface area contributed by atoms with Gasteiger partial charge < -0.3 is 10.2 Å². The van der Waals surface area contributed by atoms with Crippen molar-refractivity contribution < 1.29 is 24.6 Å². The maximum absolute atomic E-state index is 11.8. The third kappa shape index (κ3) is 2.54. The molecule has 0 amide bonds. The number of rotatable bonds is 2. The molecule has 5 nitrogen and oxygen atoms in total. The van der Waals surface area contributed by atoms with Crippen molar-refractivity contribution in [3.05, 3.63) is 41.5 Å². The summed E-state index contributed by atoms with van der Waals surface area (Å²) >= 11 is 0. The first-order valence-electron chi connectivity index (χ1n) is 5.78. The number of ketones is 2. The van der Waals surface area contributed by atoms with Crippen LogP contribution in [0.25, 0.3) is 5.76 Å². The molecule has 0 aliphatic heterocycles. The lowest BCUT2D eigenvalue weighted by Crippen LogP contribution is -2.31. The van der Waals surface area contributed by atoms with Gasteiger partial charge >= 0.3 is 5.97 Å². The van der Waals surface area contributed by atoms with Crippen LogP contribution in [0.1, 0.15) is 18.4 Å². The molecule has 0 atom stereocenters. The van der Waals surface area contributed by atoms with E-state index in [1.54, 1.807) is 30.3 Å². The van der Waals surface area contributed by atoms with Crippen molar-refractivity contribution in [3.63, 3.8) is 0 Å². The van der Waals surface area contributed by atoms with E-state index >= 15 is 0 Å². The first kappa shape index (κ1) is 13.0. The van der Waals surface area contributed by atoms with Gasteiger partial charge in [0.2, 0.25) is 0 Å². The number of aliphatic carboxylic acids is 1. The second-order valence-electron chi connectivity index (χ2n) is 4.38. The standard InChI is InChI=1S/C14H12O5/c15-10-6-9(14(18)19)7-11(16)12(10)13(17)8-4-2-1-3-5-8/h1-5,9,17H,6-7H2,(H,18,19). The monoisotopic (exact) mass is 260 g/mol. The van der Waals surface area contributed by atoms with Crippen LogP contribution < -0.4 is 0 Å². The number of allylic oxidation sites excluding steroid dienone is 1. The van der Waals surface area contributed by atoms with E-state index in [0.29, 0.717) is 5.56 Å². The van der Waals surface area contributed by atoms with Crippen molar-refractivity contribution in [2.75, 3.05) is 0 Å². The first-order valence-corrected chi connectivity index (χ1v) is 5.78. The van der Waals surface area contributed by atoms with E-state index in [1.807, 2.05) is 0 Å². The predicted octanol–water partition coefficient (Wildman–Crippen LogP) is 1.59. The zero-order valence-corrected chi connectivity index (χ0v) is 10.00. The van der Waals surface area contributed by atoms with Crippen molar-refractivity contribution in [2.24, 2.45) is 5.92 Å². The quantitative estimate of drug-likeness (QED) is 0.478. The molecule has 2 rings (SSSR count). The van der Waals surface area contributed by atoms with E-state index in [1.165, 1.54) is 0 Å². The van der Waals surface area contributed by atoms with Gasteiger partial charge in [0, 0.05) is 18.4 Å². The minimum atomic E-state index is -1.17. The van der Waals surface area contributed by atoms with Crippen molar-refractivity contribution in [1.82, 2.24) is 0 Å². The van der Waals surface area contributed by atoms with Crippen molar-refractivity contribution in [2.45, 2.75) is 12.8 Å². The Bertz CT molecular complexity index is 551. The Labute approximate surface area is 109 Å². The number of aliphatic hydroxyl groups is 1. The van der Waals surface area contributed by atoms with Gasteiger partial charge in [0.15, 0.2) is 11.6 Å². The number of hydrogen-bond acceptors (Lipinski definition) is 4. The average Bonchev–Trinajstić information content (AvgIpc) is 2.38. The smallest absolute Gasteiger partial charge is 0.307 e. The summed E-state index contributed by atoms with van der Waals surface area (Å²) in [5.74, 6) is -3.78. The first-order chi connectivity index (χ1) is 9.00. The topological polar surface area (TPSA) is 91.7 Å². The highest BCUT2D eigenvalue weighted by molar-refractivity contribution is 6.26. The minimum Gasteiger partial charge on any atom is -0.506 e. The molecule has 98 valence electrons. The van der Waals surface area contributed by atoms with Gasteiger partial charge in [-0.05, 0) is 0 Å². The highest BCUT2D eigenvalue weighted by Crippen LogP contribution is 2.27. The Morgan fingerprint density at radius 3 is 2.00 bits per heavy atom. The summed E-state index contributed by atoms with van der Waals surface area (Å²) in [5.41, 5.74) is 0.0803. The van der Waals surface area contributed by atoms with E-state index in [9.17, 15) is 19.5 Å². The number of carboxylic acid groups (broad SMARTS) is 1. The van der Waals surface area contributed by atoms with Crippen LogP contribution in [0.3, 0.4) is 0 Å². The molecule has 0 saturated heterocycles.